The average molecular weight is 275 g/mol. The van der Waals surface area contributed by atoms with Gasteiger partial charge in [-0.1, -0.05) is 30.3 Å². The maximum Gasteiger partial charge on any atom is 0.573 e. The molecular weight excluding hydrogens is 269 g/mol. The quantitative estimate of drug-likeness (QED) is 0.783. The molecule has 0 radical (unpaired) electrons. The van der Waals surface area contributed by atoms with Crippen molar-refractivity contribution in [3.05, 3.63) is 41.8 Å². The predicted octanol–water partition coefficient (Wildman–Crippen LogP) is 3.70. The van der Waals surface area contributed by atoms with Gasteiger partial charge in [-0.25, -0.2) is 9.97 Å². The van der Waals surface area contributed by atoms with Crippen molar-refractivity contribution in [2.75, 3.05) is 0 Å². The monoisotopic (exact) mass is 274 g/mol. The Morgan fingerprint density at radius 3 is 2.39 bits per heavy atom. The topological polar surface area (TPSA) is 35.0 Å². The van der Waals surface area contributed by atoms with Gasteiger partial charge in [0.15, 0.2) is 5.75 Å². The summed E-state index contributed by atoms with van der Waals surface area (Å²) in [6.07, 6.45) is -3.91. The van der Waals surface area contributed by atoms with Gasteiger partial charge in [-0.05, 0) is 11.6 Å². The highest BCUT2D eigenvalue weighted by atomic mass is 35.5. The van der Waals surface area contributed by atoms with E-state index in [4.69, 9.17) is 11.6 Å². The van der Waals surface area contributed by atoms with Crippen molar-refractivity contribution in [3.8, 4) is 17.0 Å². The molecule has 3 nitrogen and oxygen atoms in total. The fourth-order valence-electron chi connectivity index (χ4n) is 1.35. The van der Waals surface area contributed by atoms with Gasteiger partial charge >= 0.3 is 6.36 Å². The lowest BCUT2D eigenvalue weighted by Crippen LogP contribution is -2.18. The second kappa shape index (κ2) is 4.81. The van der Waals surface area contributed by atoms with Crippen LogP contribution >= 0.6 is 11.6 Å². The van der Waals surface area contributed by atoms with Crippen molar-refractivity contribution in [2.24, 2.45) is 0 Å². The molecule has 0 fully saturated rings. The molecule has 0 saturated carbocycles. The van der Waals surface area contributed by atoms with Gasteiger partial charge < -0.3 is 4.74 Å². The summed E-state index contributed by atoms with van der Waals surface area (Å²) >= 11 is 5.58. The number of ether oxygens (including phenoxy) is 1. The van der Waals surface area contributed by atoms with E-state index in [9.17, 15) is 13.2 Å². The van der Waals surface area contributed by atoms with Gasteiger partial charge in [0.05, 0.1) is 6.20 Å². The average Bonchev–Trinajstić information content (AvgIpc) is 2.31. The summed E-state index contributed by atoms with van der Waals surface area (Å²) in [5.74, 6) is -0.488. The van der Waals surface area contributed by atoms with E-state index in [1.54, 1.807) is 30.3 Å². The molecule has 1 aromatic carbocycles. The van der Waals surface area contributed by atoms with Gasteiger partial charge in [0.25, 0.3) is 0 Å². The Bertz CT molecular complexity index is 546. The molecular formula is C11H6ClF3N2O. The lowest BCUT2D eigenvalue weighted by molar-refractivity contribution is -0.274. The second-order valence-electron chi connectivity index (χ2n) is 3.27. The largest absolute Gasteiger partial charge is 0.573 e. The molecule has 0 atom stereocenters. The number of halogens is 4. The molecule has 0 spiro atoms. The Morgan fingerprint density at radius 1 is 1.11 bits per heavy atom. The summed E-state index contributed by atoms with van der Waals surface area (Å²) in [6, 6.07) is 8.27. The molecule has 0 saturated heterocycles. The number of benzene rings is 1. The van der Waals surface area contributed by atoms with Gasteiger partial charge in [0, 0.05) is 5.56 Å². The van der Waals surface area contributed by atoms with E-state index in [1.165, 1.54) is 0 Å². The molecule has 0 N–H and O–H groups in total. The Morgan fingerprint density at radius 2 is 1.78 bits per heavy atom. The fourth-order valence-corrected chi connectivity index (χ4v) is 1.48. The predicted molar refractivity (Wildman–Crippen MR) is 59.2 cm³/mol. The SMILES string of the molecule is FC(F)(F)Oc1cnc(Cl)nc1-c1ccccc1. The molecule has 1 aromatic heterocycles. The minimum atomic E-state index is -4.80. The zero-order chi connectivity index (χ0) is 13.2. The molecule has 18 heavy (non-hydrogen) atoms. The minimum Gasteiger partial charge on any atom is -0.402 e. The third kappa shape index (κ3) is 3.10. The summed E-state index contributed by atoms with van der Waals surface area (Å²) in [5.41, 5.74) is 0.453. The van der Waals surface area contributed by atoms with Gasteiger partial charge in [-0.15, -0.1) is 13.2 Å². The van der Waals surface area contributed by atoms with Crippen molar-refractivity contribution < 1.29 is 17.9 Å². The highest BCUT2D eigenvalue weighted by molar-refractivity contribution is 6.28. The first kappa shape index (κ1) is 12.6. The Hall–Kier alpha value is -1.82. The van der Waals surface area contributed by atoms with E-state index in [0.717, 1.165) is 6.20 Å². The van der Waals surface area contributed by atoms with Crippen LogP contribution in [0, 0.1) is 0 Å². The molecule has 7 heteroatoms. The Kier molecular flexibility index (Phi) is 3.38. The molecule has 94 valence electrons. The molecule has 0 aliphatic heterocycles. The number of hydrogen-bond acceptors (Lipinski definition) is 3. The van der Waals surface area contributed by atoms with Crippen molar-refractivity contribution in [1.82, 2.24) is 9.97 Å². The van der Waals surface area contributed by atoms with Crippen LogP contribution < -0.4 is 4.74 Å². The van der Waals surface area contributed by atoms with Gasteiger partial charge in [0.1, 0.15) is 5.69 Å². The van der Waals surface area contributed by atoms with Gasteiger partial charge in [0.2, 0.25) is 5.28 Å². The Labute approximate surface area is 105 Å². The van der Waals surface area contributed by atoms with E-state index in [1.807, 2.05) is 0 Å². The number of aromatic nitrogens is 2. The number of nitrogens with zero attached hydrogens (tertiary/aromatic N) is 2. The molecule has 2 aromatic rings. The van der Waals surface area contributed by atoms with Crippen LogP contribution in [-0.4, -0.2) is 16.3 Å². The minimum absolute atomic E-state index is 0.00655. The number of alkyl halides is 3. The van der Waals surface area contributed by atoms with E-state index in [0.29, 0.717) is 5.56 Å². The zero-order valence-electron chi connectivity index (χ0n) is 8.78. The van der Waals surface area contributed by atoms with E-state index >= 15 is 0 Å². The molecule has 0 aliphatic rings. The van der Waals surface area contributed by atoms with Crippen LogP contribution in [0.3, 0.4) is 0 Å². The third-order valence-corrected chi connectivity index (χ3v) is 2.18. The third-order valence-electron chi connectivity index (χ3n) is 2.00. The zero-order valence-corrected chi connectivity index (χ0v) is 9.53. The molecule has 1 heterocycles. The molecule has 0 unspecified atom stereocenters. The normalized spacial score (nSPS) is 11.3. The van der Waals surface area contributed by atoms with Crippen LogP contribution in [-0.2, 0) is 0 Å². The van der Waals surface area contributed by atoms with E-state index in [2.05, 4.69) is 14.7 Å². The van der Waals surface area contributed by atoms with Crippen LogP contribution in [0.25, 0.3) is 11.3 Å². The molecule has 0 aliphatic carbocycles. The lowest BCUT2D eigenvalue weighted by Gasteiger charge is -2.12. The van der Waals surface area contributed by atoms with Crippen LogP contribution in [0.1, 0.15) is 0 Å². The fraction of sp³-hybridized carbons (Fsp3) is 0.0909. The first-order valence-corrected chi connectivity index (χ1v) is 5.17. The van der Waals surface area contributed by atoms with E-state index < -0.39 is 12.1 Å². The van der Waals surface area contributed by atoms with Crippen LogP contribution in [0.4, 0.5) is 13.2 Å². The maximum atomic E-state index is 12.2. The maximum absolute atomic E-state index is 12.2. The van der Waals surface area contributed by atoms with Crippen LogP contribution in [0.5, 0.6) is 5.75 Å². The second-order valence-corrected chi connectivity index (χ2v) is 3.60. The summed E-state index contributed by atoms with van der Waals surface area (Å²) < 4.78 is 40.5. The molecule has 2 rings (SSSR count). The first-order valence-electron chi connectivity index (χ1n) is 4.79. The van der Waals surface area contributed by atoms with Crippen molar-refractivity contribution in [1.29, 1.82) is 0 Å². The van der Waals surface area contributed by atoms with E-state index in [-0.39, 0.29) is 11.0 Å². The molecule has 0 bridgehead atoms. The van der Waals surface area contributed by atoms with Crippen molar-refractivity contribution >= 4 is 11.6 Å². The van der Waals surface area contributed by atoms with Gasteiger partial charge in [-0.2, -0.15) is 0 Å². The highest BCUT2D eigenvalue weighted by Gasteiger charge is 2.32. The Balaban J connectivity index is 2.48. The number of hydrogen-bond donors (Lipinski definition) is 0. The summed E-state index contributed by atoms with van der Waals surface area (Å²) in [6.45, 7) is 0. The van der Waals surface area contributed by atoms with Crippen molar-refractivity contribution in [3.63, 3.8) is 0 Å². The van der Waals surface area contributed by atoms with Crippen molar-refractivity contribution in [2.45, 2.75) is 6.36 Å². The summed E-state index contributed by atoms with van der Waals surface area (Å²) in [5, 5.41) is -0.150. The molecule has 0 amide bonds. The summed E-state index contributed by atoms with van der Waals surface area (Å²) in [4.78, 5) is 7.24. The van der Waals surface area contributed by atoms with Crippen LogP contribution in [0.15, 0.2) is 36.5 Å². The first-order chi connectivity index (χ1) is 8.46. The number of rotatable bonds is 2. The summed E-state index contributed by atoms with van der Waals surface area (Å²) in [7, 11) is 0. The standard InChI is InChI=1S/C11H6ClF3N2O/c12-10-16-6-8(18-11(13,14)15)9(17-10)7-4-2-1-3-5-7/h1-6H. The van der Waals surface area contributed by atoms with Gasteiger partial charge in [-0.3, -0.25) is 0 Å². The smallest absolute Gasteiger partial charge is 0.402 e. The van der Waals surface area contributed by atoms with Crippen LogP contribution in [0.2, 0.25) is 5.28 Å². The lowest BCUT2D eigenvalue weighted by atomic mass is 10.1. The highest BCUT2D eigenvalue weighted by Crippen LogP contribution is 2.32.